The number of aliphatic hydroxyl groups excluding tert-OH is 1. The van der Waals surface area contributed by atoms with Gasteiger partial charge in [0.15, 0.2) is 0 Å². The summed E-state index contributed by atoms with van der Waals surface area (Å²) >= 11 is 0. The Hall–Kier alpha value is -3.98. The van der Waals surface area contributed by atoms with Crippen molar-refractivity contribution >= 4 is 5.97 Å². The summed E-state index contributed by atoms with van der Waals surface area (Å²) in [5.74, 6) is -0.327. The SMILES string of the molecule is COc1cc(C)c(OCCCCC(=O)O)cc1-c1ccc(C(F)(F)F)cc1CN(C(C)C)[C@@H](C)[C@H](O)c1cc(C(F)(F)F)cc(C(F)(F)F)c1. The van der Waals surface area contributed by atoms with E-state index in [0.717, 1.165) is 12.1 Å². The standard InChI is InChI=1S/C35H38F9NO5/c1-19(2)45(21(4)32(48)22-13-25(34(39,40)41)16-26(14-22)35(42,43)44)18-23-15-24(33(36,37)38)9-10-27(23)28-17-29(20(3)12-30(28)49-5)50-11-7-6-8-31(46)47/h9-10,12-17,19,21,32,48H,6-8,11,18H2,1-5H3,(H,46,47)/t21-,32-/m0/s1. The second kappa shape index (κ2) is 15.9. The molecule has 0 aliphatic rings. The van der Waals surface area contributed by atoms with Crippen molar-refractivity contribution in [2.45, 2.75) is 90.2 Å². The zero-order valence-corrected chi connectivity index (χ0v) is 27.9. The lowest BCUT2D eigenvalue weighted by molar-refractivity contribution is -0.143. The molecule has 0 fully saturated rings. The molecule has 0 aliphatic heterocycles. The van der Waals surface area contributed by atoms with Crippen molar-refractivity contribution in [3.63, 3.8) is 0 Å². The van der Waals surface area contributed by atoms with Crippen LogP contribution in [0.1, 0.15) is 79.5 Å². The zero-order valence-electron chi connectivity index (χ0n) is 27.9. The van der Waals surface area contributed by atoms with E-state index in [9.17, 15) is 49.4 Å². The molecule has 0 unspecified atom stereocenters. The van der Waals surface area contributed by atoms with Gasteiger partial charge >= 0.3 is 24.5 Å². The summed E-state index contributed by atoms with van der Waals surface area (Å²) in [7, 11) is 1.36. The molecule has 0 spiro atoms. The summed E-state index contributed by atoms with van der Waals surface area (Å²) < 4.78 is 135. The summed E-state index contributed by atoms with van der Waals surface area (Å²) in [6, 6.07) is 5.19. The Morgan fingerprint density at radius 1 is 0.780 bits per heavy atom. The average Bonchev–Trinajstić information content (AvgIpc) is 3.01. The molecule has 0 amide bonds. The molecule has 3 aromatic rings. The van der Waals surface area contributed by atoms with Crippen molar-refractivity contribution in [2.24, 2.45) is 0 Å². The monoisotopic (exact) mass is 723 g/mol. The molecule has 3 aromatic carbocycles. The van der Waals surface area contributed by atoms with Crippen LogP contribution in [-0.4, -0.2) is 46.9 Å². The lowest BCUT2D eigenvalue weighted by atomic mass is 9.93. The third kappa shape index (κ3) is 10.3. The molecule has 2 N–H and O–H groups in total. The van der Waals surface area contributed by atoms with Crippen LogP contribution in [0.15, 0.2) is 48.5 Å². The van der Waals surface area contributed by atoms with Gasteiger partial charge in [-0.1, -0.05) is 6.07 Å². The van der Waals surface area contributed by atoms with E-state index in [1.807, 2.05) is 0 Å². The highest BCUT2D eigenvalue weighted by molar-refractivity contribution is 5.76. The maximum absolute atomic E-state index is 14.0. The summed E-state index contributed by atoms with van der Waals surface area (Å²) in [5.41, 5.74) is -3.63. The molecular formula is C35H38F9NO5. The van der Waals surface area contributed by atoms with Gasteiger partial charge in [-0.15, -0.1) is 0 Å². The third-order valence-electron chi connectivity index (χ3n) is 8.21. The molecule has 0 aromatic heterocycles. The van der Waals surface area contributed by atoms with Crippen LogP contribution in [0, 0.1) is 6.92 Å². The van der Waals surface area contributed by atoms with Crippen LogP contribution >= 0.6 is 0 Å². The maximum atomic E-state index is 14.0. The van der Waals surface area contributed by atoms with Crippen LogP contribution in [0.5, 0.6) is 11.5 Å². The van der Waals surface area contributed by atoms with Crippen LogP contribution in [0.4, 0.5) is 39.5 Å². The van der Waals surface area contributed by atoms with Crippen molar-refractivity contribution in [3.8, 4) is 22.6 Å². The second-order valence-corrected chi connectivity index (χ2v) is 12.2. The van der Waals surface area contributed by atoms with E-state index in [0.29, 0.717) is 41.9 Å². The fourth-order valence-corrected chi connectivity index (χ4v) is 5.52. The minimum atomic E-state index is -5.15. The molecular weight excluding hydrogens is 685 g/mol. The van der Waals surface area contributed by atoms with Crippen LogP contribution in [0.25, 0.3) is 11.1 Å². The van der Waals surface area contributed by atoms with Gasteiger partial charge in [0.2, 0.25) is 0 Å². The molecule has 0 bridgehead atoms. The van der Waals surface area contributed by atoms with Crippen molar-refractivity contribution in [1.82, 2.24) is 4.90 Å². The first-order valence-corrected chi connectivity index (χ1v) is 15.5. The van der Waals surface area contributed by atoms with E-state index in [-0.39, 0.29) is 42.5 Å². The Morgan fingerprint density at radius 3 is 1.86 bits per heavy atom. The number of alkyl halides is 9. The summed E-state index contributed by atoms with van der Waals surface area (Å²) in [4.78, 5) is 12.3. The zero-order chi connectivity index (χ0) is 37.8. The van der Waals surface area contributed by atoms with Crippen LogP contribution < -0.4 is 9.47 Å². The fourth-order valence-electron chi connectivity index (χ4n) is 5.52. The van der Waals surface area contributed by atoms with Gasteiger partial charge in [-0.2, -0.15) is 39.5 Å². The average molecular weight is 724 g/mol. The largest absolute Gasteiger partial charge is 0.496 e. The number of carboxylic acids is 1. The van der Waals surface area contributed by atoms with Crippen molar-refractivity contribution in [2.75, 3.05) is 13.7 Å². The first-order valence-electron chi connectivity index (χ1n) is 15.5. The van der Waals surface area contributed by atoms with Gasteiger partial charge in [-0.05, 0) is 105 Å². The number of aliphatic carboxylic acids is 1. The van der Waals surface area contributed by atoms with Gasteiger partial charge in [0.1, 0.15) is 11.5 Å². The molecule has 0 saturated heterocycles. The number of rotatable bonds is 14. The first-order chi connectivity index (χ1) is 23.0. The lowest BCUT2D eigenvalue weighted by Gasteiger charge is -2.36. The normalized spacial score (nSPS) is 13.9. The number of benzene rings is 3. The number of aliphatic hydroxyl groups is 1. The molecule has 0 aliphatic carbocycles. The molecule has 276 valence electrons. The highest BCUT2D eigenvalue weighted by atomic mass is 19.4. The number of methoxy groups -OCH3 is 1. The van der Waals surface area contributed by atoms with Crippen molar-refractivity contribution < 1.29 is 64.0 Å². The van der Waals surface area contributed by atoms with Crippen molar-refractivity contribution in [3.05, 3.63) is 81.9 Å². The molecule has 0 heterocycles. The molecule has 15 heteroatoms. The van der Waals surface area contributed by atoms with E-state index >= 15 is 0 Å². The fraction of sp³-hybridized carbons (Fsp3) is 0.457. The topological polar surface area (TPSA) is 79.2 Å². The molecule has 0 radical (unpaired) electrons. The number of aryl methyl sites for hydroxylation is 1. The predicted molar refractivity (Wildman–Crippen MR) is 167 cm³/mol. The highest BCUT2D eigenvalue weighted by Crippen LogP contribution is 2.42. The first kappa shape index (κ1) is 40.4. The minimum Gasteiger partial charge on any atom is -0.496 e. The summed E-state index contributed by atoms with van der Waals surface area (Å²) in [6.07, 6.45) is -16.3. The number of halogens is 9. The number of unbranched alkanes of at least 4 members (excludes halogenated alkanes) is 1. The molecule has 6 nitrogen and oxygen atoms in total. The van der Waals surface area contributed by atoms with E-state index in [1.54, 1.807) is 32.9 Å². The van der Waals surface area contributed by atoms with Gasteiger partial charge < -0.3 is 19.7 Å². The third-order valence-corrected chi connectivity index (χ3v) is 8.21. The van der Waals surface area contributed by atoms with Gasteiger partial charge in [0.05, 0.1) is 36.5 Å². The van der Waals surface area contributed by atoms with Crippen LogP contribution in [0.2, 0.25) is 0 Å². The Morgan fingerprint density at radius 2 is 1.36 bits per heavy atom. The van der Waals surface area contributed by atoms with Crippen LogP contribution in [-0.2, 0) is 29.9 Å². The van der Waals surface area contributed by atoms with E-state index in [4.69, 9.17) is 14.6 Å². The molecule has 0 saturated carbocycles. The molecule has 2 atom stereocenters. The molecule has 3 rings (SSSR count). The van der Waals surface area contributed by atoms with Gasteiger partial charge in [0, 0.05) is 30.6 Å². The summed E-state index contributed by atoms with van der Waals surface area (Å²) in [5, 5.41) is 20.1. The van der Waals surface area contributed by atoms with Crippen molar-refractivity contribution in [1.29, 1.82) is 0 Å². The number of hydrogen-bond donors (Lipinski definition) is 2. The quantitative estimate of drug-likeness (QED) is 0.127. The van der Waals surface area contributed by atoms with E-state index in [1.165, 1.54) is 25.0 Å². The summed E-state index contributed by atoms with van der Waals surface area (Å²) in [6.45, 7) is 6.14. The number of hydrogen-bond acceptors (Lipinski definition) is 5. The van der Waals surface area contributed by atoms with E-state index in [2.05, 4.69) is 0 Å². The molecule has 50 heavy (non-hydrogen) atoms. The second-order valence-electron chi connectivity index (χ2n) is 12.2. The number of carbonyl (C=O) groups is 1. The Labute approximate surface area is 283 Å². The van der Waals surface area contributed by atoms with Gasteiger partial charge in [0.25, 0.3) is 0 Å². The Kier molecular flexibility index (Phi) is 12.9. The lowest BCUT2D eigenvalue weighted by Crippen LogP contribution is -2.42. The highest BCUT2D eigenvalue weighted by Gasteiger charge is 2.39. The number of nitrogens with zero attached hydrogens (tertiary/aromatic N) is 1. The maximum Gasteiger partial charge on any atom is 0.416 e. The number of ether oxygens (including phenoxy) is 2. The Balaban J connectivity index is 2.11. The smallest absolute Gasteiger partial charge is 0.416 e. The Bertz CT molecular complexity index is 1600. The number of carboxylic acid groups (broad SMARTS) is 1. The predicted octanol–water partition coefficient (Wildman–Crippen LogP) is 9.69. The van der Waals surface area contributed by atoms with Crippen LogP contribution in [0.3, 0.4) is 0 Å². The van der Waals surface area contributed by atoms with E-state index < -0.39 is 64.9 Å². The minimum absolute atomic E-state index is 0.0537. The van der Waals surface area contributed by atoms with Gasteiger partial charge in [-0.25, -0.2) is 0 Å². The van der Waals surface area contributed by atoms with Gasteiger partial charge in [-0.3, -0.25) is 9.69 Å².